The second kappa shape index (κ2) is 9.41. The highest BCUT2D eigenvalue weighted by atomic mass is 127. The highest BCUT2D eigenvalue weighted by Gasteiger charge is 2.13. The number of ether oxygens (including phenoxy) is 2. The molecule has 0 aliphatic heterocycles. The standard InChI is InChI=1S/C21H19IN2O4/c1-3-9-27-20-16(22)10-14(11-18(20)26-4-2)13-23-24-21(25)19-12-15-7-5-6-8-17(15)28-19/h3,5-8,10-13H,1,4,9H2,2H3,(H,24,25)/b23-13+. The summed E-state index contributed by atoms with van der Waals surface area (Å²) >= 11 is 2.17. The number of benzene rings is 2. The first-order chi connectivity index (χ1) is 13.6. The van der Waals surface area contributed by atoms with Gasteiger partial charge in [0.15, 0.2) is 17.3 Å². The largest absolute Gasteiger partial charge is 0.490 e. The summed E-state index contributed by atoms with van der Waals surface area (Å²) < 4.78 is 17.7. The Labute approximate surface area is 176 Å². The maximum Gasteiger partial charge on any atom is 0.307 e. The molecule has 3 rings (SSSR count). The van der Waals surface area contributed by atoms with Gasteiger partial charge in [0.05, 0.1) is 16.4 Å². The van der Waals surface area contributed by atoms with Gasteiger partial charge in [-0.1, -0.05) is 30.9 Å². The Morgan fingerprint density at radius 1 is 1.29 bits per heavy atom. The summed E-state index contributed by atoms with van der Waals surface area (Å²) in [6.45, 7) is 6.45. The molecule has 1 N–H and O–H groups in total. The highest BCUT2D eigenvalue weighted by Crippen LogP contribution is 2.34. The van der Waals surface area contributed by atoms with E-state index in [1.54, 1.807) is 24.4 Å². The number of nitrogens with zero attached hydrogens (tertiary/aromatic N) is 1. The quantitative estimate of drug-likeness (QED) is 0.214. The first-order valence-electron chi connectivity index (χ1n) is 8.64. The molecular weight excluding hydrogens is 471 g/mol. The topological polar surface area (TPSA) is 73.1 Å². The molecule has 144 valence electrons. The zero-order chi connectivity index (χ0) is 19.9. The molecule has 3 aromatic rings. The van der Waals surface area contributed by atoms with E-state index < -0.39 is 5.91 Å². The van der Waals surface area contributed by atoms with Gasteiger partial charge in [-0.2, -0.15) is 5.10 Å². The van der Waals surface area contributed by atoms with Gasteiger partial charge < -0.3 is 13.9 Å². The summed E-state index contributed by atoms with van der Waals surface area (Å²) in [6.07, 6.45) is 3.22. The molecule has 0 fully saturated rings. The summed E-state index contributed by atoms with van der Waals surface area (Å²) in [5.41, 5.74) is 3.90. The van der Waals surface area contributed by atoms with Crippen LogP contribution in [0.15, 0.2) is 64.6 Å². The van der Waals surface area contributed by atoms with Gasteiger partial charge in [0, 0.05) is 5.39 Å². The maximum atomic E-state index is 12.2. The van der Waals surface area contributed by atoms with E-state index in [1.807, 2.05) is 37.3 Å². The van der Waals surface area contributed by atoms with Gasteiger partial charge in [-0.25, -0.2) is 5.43 Å². The molecule has 0 atom stereocenters. The minimum Gasteiger partial charge on any atom is -0.490 e. The Kier molecular flexibility index (Phi) is 6.70. The van der Waals surface area contributed by atoms with Crippen molar-refractivity contribution in [2.24, 2.45) is 5.10 Å². The van der Waals surface area contributed by atoms with Crippen molar-refractivity contribution in [1.29, 1.82) is 0 Å². The van der Waals surface area contributed by atoms with Gasteiger partial charge in [0.25, 0.3) is 0 Å². The van der Waals surface area contributed by atoms with Crippen LogP contribution in [0.4, 0.5) is 0 Å². The zero-order valence-electron chi connectivity index (χ0n) is 15.3. The van der Waals surface area contributed by atoms with Gasteiger partial charge in [-0.3, -0.25) is 4.79 Å². The molecule has 0 saturated carbocycles. The van der Waals surface area contributed by atoms with Gasteiger partial charge in [-0.15, -0.1) is 0 Å². The van der Waals surface area contributed by atoms with Crippen LogP contribution in [0.2, 0.25) is 0 Å². The molecule has 0 saturated heterocycles. The third-order valence-corrected chi connectivity index (χ3v) is 4.51. The predicted molar refractivity (Wildman–Crippen MR) is 117 cm³/mol. The van der Waals surface area contributed by atoms with E-state index in [9.17, 15) is 4.79 Å². The van der Waals surface area contributed by atoms with E-state index in [0.29, 0.717) is 30.3 Å². The lowest BCUT2D eigenvalue weighted by Gasteiger charge is -2.13. The summed E-state index contributed by atoms with van der Waals surface area (Å²) in [5.74, 6) is 1.06. The predicted octanol–water partition coefficient (Wildman–Crippen LogP) is 4.76. The zero-order valence-corrected chi connectivity index (χ0v) is 17.4. The Morgan fingerprint density at radius 3 is 2.86 bits per heavy atom. The molecule has 6 nitrogen and oxygen atoms in total. The second-order valence-electron chi connectivity index (χ2n) is 5.71. The van der Waals surface area contributed by atoms with E-state index >= 15 is 0 Å². The van der Waals surface area contributed by atoms with Crippen LogP contribution in [0.3, 0.4) is 0 Å². The van der Waals surface area contributed by atoms with Crippen LogP contribution < -0.4 is 14.9 Å². The van der Waals surface area contributed by atoms with Gasteiger partial charge in [0.2, 0.25) is 0 Å². The Hall–Kier alpha value is -2.81. The molecule has 7 heteroatoms. The van der Waals surface area contributed by atoms with E-state index in [0.717, 1.165) is 14.5 Å². The van der Waals surface area contributed by atoms with E-state index in [-0.39, 0.29) is 5.76 Å². The van der Waals surface area contributed by atoms with E-state index in [1.165, 1.54) is 0 Å². The number of hydrazone groups is 1. The molecule has 0 spiro atoms. The third kappa shape index (κ3) is 4.72. The van der Waals surface area contributed by atoms with Crippen molar-refractivity contribution in [1.82, 2.24) is 5.43 Å². The Bertz CT molecular complexity index is 993. The number of rotatable bonds is 8. The lowest BCUT2D eigenvalue weighted by molar-refractivity contribution is 0.0929. The molecule has 0 radical (unpaired) electrons. The van der Waals surface area contributed by atoms with Crippen molar-refractivity contribution < 1.29 is 18.7 Å². The van der Waals surface area contributed by atoms with Crippen LogP contribution in [-0.4, -0.2) is 25.3 Å². The highest BCUT2D eigenvalue weighted by molar-refractivity contribution is 14.1. The number of halogens is 1. The number of hydrogen-bond acceptors (Lipinski definition) is 5. The molecule has 28 heavy (non-hydrogen) atoms. The normalized spacial score (nSPS) is 10.9. The number of fused-ring (bicyclic) bond motifs is 1. The molecular formula is C21H19IN2O4. The number of carbonyl (C=O) groups is 1. The van der Waals surface area contributed by atoms with Crippen LogP contribution in [0.5, 0.6) is 11.5 Å². The van der Waals surface area contributed by atoms with Crippen molar-refractivity contribution in [3.63, 3.8) is 0 Å². The number of furan rings is 1. The number of nitrogens with one attached hydrogen (secondary N) is 1. The van der Waals surface area contributed by atoms with Gasteiger partial charge in [-0.05, 0) is 59.3 Å². The average molecular weight is 490 g/mol. The Morgan fingerprint density at radius 2 is 2.11 bits per heavy atom. The Balaban J connectivity index is 1.73. The van der Waals surface area contributed by atoms with Crippen molar-refractivity contribution >= 4 is 45.7 Å². The first kappa shape index (κ1) is 19.9. The number of para-hydroxylation sites is 1. The number of amides is 1. The fourth-order valence-corrected chi connectivity index (χ4v) is 3.30. The minimum atomic E-state index is -0.418. The molecule has 2 aromatic carbocycles. The summed E-state index contributed by atoms with van der Waals surface area (Å²) in [5, 5.41) is 4.89. The summed E-state index contributed by atoms with van der Waals surface area (Å²) in [7, 11) is 0. The number of carbonyl (C=O) groups excluding carboxylic acids is 1. The van der Waals surface area contributed by atoms with Crippen LogP contribution in [0.25, 0.3) is 11.0 Å². The lowest BCUT2D eigenvalue weighted by Crippen LogP contribution is -2.16. The van der Waals surface area contributed by atoms with Crippen LogP contribution in [0, 0.1) is 3.57 Å². The minimum absolute atomic E-state index is 0.205. The second-order valence-corrected chi connectivity index (χ2v) is 6.87. The number of hydrogen-bond donors (Lipinski definition) is 1. The molecule has 0 bridgehead atoms. The maximum absolute atomic E-state index is 12.2. The molecule has 0 aliphatic carbocycles. The fourth-order valence-electron chi connectivity index (χ4n) is 2.52. The van der Waals surface area contributed by atoms with Crippen LogP contribution in [-0.2, 0) is 0 Å². The van der Waals surface area contributed by atoms with Crippen LogP contribution in [0.1, 0.15) is 23.0 Å². The molecule has 0 unspecified atom stereocenters. The summed E-state index contributed by atoms with van der Waals surface area (Å²) in [4.78, 5) is 12.2. The monoisotopic (exact) mass is 490 g/mol. The smallest absolute Gasteiger partial charge is 0.307 e. The van der Waals surface area contributed by atoms with E-state index in [2.05, 4.69) is 39.7 Å². The van der Waals surface area contributed by atoms with Crippen molar-refractivity contribution in [3.8, 4) is 11.5 Å². The SMILES string of the molecule is C=CCOc1c(I)cc(/C=N/NC(=O)c2cc3ccccc3o2)cc1OCC. The average Bonchev–Trinajstić information content (AvgIpc) is 3.12. The fraction of sp³-hybridized carbons (Fsp3) is 0.143. The lowest BCUT2D eigenvalue weighted by atomic mass is 10.2. The van der Waals surface area contributed by atoms with E-state index in [4.69, 9.17) is 13.9 Å². The van der Waals surface area contributed by atoms with Crippen LogP contribution >= 0.6 is 22.6 Å². The van der Waals surface area contributed by atoms with Crippen molar-refractivity contribution in [2.75, 3.05) is 13.2 Å². The molecule has 0 aliphatic rings. The van der Waals surface area contributed by atoms with Crippen molar-refractivity contribution in [3.05, 3.63) is 70.0 Å². The van der Waals surface area contributed by atoms with Gasteiger partial charge >= 0.3 is 5.91 Å². The van der Waals surface area contributed by atoms with Gasteiger partial charge in [0.1, 0.15) is 12.2 Å². The molecule has 1 amide bonds. The molecule has 1 aromatic heterocycles. The van der Waals surface area contributed by atoms with Crippen molar-refractivity contribution in [2.45, 2.75) is 6.92 Å². The molecule has 1 heterocycles. The third-order valence-electron chi connectivity index (χ3n) is 3.71. The first-order valence-corrected chi connectivity index (χ1v) is 9.72. The summed E-state index contributed by atoms with van der Waals surface area (Å²) in [6, 6.07) is 12.8.